The number of aryl methyl sites for hydroxylation is 1. The summed E-state index contributed by atoms with van der Waals surface area (Å²) in [6.07, 6.45) is 10.4. The second-order valence-electron chi connectivity index (χ2n) is 4.55. The van der Waals surface area contributed by atoms with Crippen molar-refractivity contribution in [3.8, 4) is 18.4 Å². The molecule has 0 fully saturated rings. The van der Waals surface area contributed by atoms with Gasteiger partial charge in [0.2, 0.25) is 0 Å². The summed E-state index contributed by atoms with van der Waals surface area (Å²) in [7, 11) is 3.82. The lowest BCUT2D eigenvalue weighted by molar-refractivity contribution is 0.643. The van der Waals surface area contributed by atoms with Crippen LogP contribution in [0.4, 0.5) is 5.00 Å². The lowest BCUT2D eigenvalue weighted by Gasteiger charge is -2.17. The van der Waals surface area contributed by atoms with Gasteiger partial charge in [0.1, 0.15) is 11.1 Å². The number of thiophene rings is 1. The van der Waals surface area contributed by atoms with Crippen LogP contribution in [0.2, 0.25) is 0 Å². The topological polar surface area (TPSA) is 39.4 Å². The lowest BCUT2D eigenvalue weighted by Crippen LogP contribution is -2.07. The first kappa shape index (κ1) is 12.7. The molecule has 1 atom stereocenters. The molecule has 0 bridgehead atoms. The fourth-order valence-corrected chi connectivity index (χ4v) is 3.37. The van der Waals surface area contributed by atoms with E-state index >= 15 is 0 Å². The molecule has 1 aromatic rings. The largest absolute Gasteiger partial charge is 0.369 e. The number of hydrogen-bond donors (Lipinski definition) is 0. The molecule has 1 heterocycles. The molecule has 0 N–H and O–H groups in total. The van der Waals surface area contributed by atoms with E-state index in [0.29, 0.717) is 5.56 Å². The number of rotatable bonds is 2. The number of hydrogen-bond acceptors (Lipinski definition) is 3. The van der Waals surface area contributed by atoms with Gasteiger partial charge in [-0.2, -0.15) is 5.26 Å². The van der Waals surface area contributed by atoms with Crippen LogP contribution >= 0.6 is 11.3 Å². The van der Waals surface area contributed by atoms with Crippen molar-refractivity contribution in [2.75, 3.05) is 14.1 Å². The quantitative estimate of drug-likeness (QED) is 0.464. The van der Waals surface area contributed by atoms with Gasteiger partial charge in [-0.3, -0.25) is 0 Å². The maximum Gasteiger partial charge on any atom is 0.136 e. The summed E-state index contributed by atoms with van der Waals surface area (Å²) in [6, 6.07) is 2.27. The summed E-state index contributed by atoms with van der Waals surface area (Å²) in [5.74, 6) is 2.89. The van der Waals surface area contributed by atoms with Gasteiger partial charge in [0.15, 0.2) is 0 Å². The molecular formula is C14H15N3S. The molecule has 1 aliphatic rings. The number of terminal acetylenes is 1. The van der Waals surface area contributed by atoms with E-state index in [-0.39, 0.29) is 5.92 Å². The van der Waals surface area contributed by atoms with Crippen LogP contribution in [-0.2, 0) is 6.42 Å². The van der Waals surface area contributed by atoms with Crippen molar-refractivity contribution in [2.45, 2.75) is 25.2 Å². The first-order valence-corrected chi connectivity index (χ1v) is 6.71. The molecule has 0 spiro atoms. The molecule has 0 radical (unpaired) electrons. The van der Waals surface area contributed by atoms with E-state index in [4.69, 9.17) is 6.42 Å². The summed E-state index contributed by atoms with van der Waals surface area (Å²) < 4.78 is 0. The number of aliphatic imine (C=N–C) groups is 1. The van der Waals surface area contributed by atoms with Crippen LogP contribution in [-0.4, -0.2) is 25.3 Å². The van der Waals surface area contributed by atoms with Crippen molar-refractivity contribution in [1.29, 1.82) is 5.26 Å². The standard InChI is InChI=1S/C14H15N3S/c1-4-10-6-5-7-12-13(10)11(8-15)14(18-12)16-9-17(2)3/h1,9-10H,5-7H2,2-3H3/b16-9+/t10-/m0/s1. The minimum Gasteiger partial charge on any atom is -0.369 e. The molecule has 18 heavy (non-hydrogen) atoms. The van der Waals surface area contributed by atoms with E-state index in [1.807, 2.05) is 19.0 Å². The van der Waals surface area contributed by atoms with Crippen LogP contribution in [0.15, 0.2) is 4.99 Å². The van der Waals surface area contributed by atoms with E-state index in [2.05, 4.69) is 17.0 Å². The summed E-state index contributed by atoms with van der Waals surface area (Å²) in [5.41, 5.74) is 1.73. The van der Waals surface area contributed by atoms with Crippen molar-refractivity contribution in [1.82, 2.24) is 4.90 Å². The summed E-state index contributed by atoms with van der Waals surface area (Å²) >= 11 is 1.60. The zero-order chi connectivity index (χ0) is 13.1. The van der Waals surface area contributed by atoms with E-state index in [9.17, 15) is 5.26 Å². The van der Waals surface area contributed by atoms with Crippen molar-refractivity contribution < 1.29 is 0 Å². The van der Waals surface area contributed by atoms with Crippen LogP contribution in [0, 0.1) is 23.7 Å². The molecular weight excluding hydrogens is 242 g/mol. The minimum atomic E-state index is 0.0861. The van der Waals surface area contributed by atoms with Crippen molar-refractivity contribution in [3.05, 3.63) is 16.0 Å². The Balaban J connectivity index is 2.49. The second-order valence-corrected chi connectivity index (χ2v) is 5.63. The normalized spacial score (nSPS) is 18.1. The van der Waals surface area contributed by atoms with Gasteiger partial charge in [-0.1, -0.05) is 5.92 Å². The Morgan fingerprint density at radius 2 is 2.33 bits per heavy atom. The highest BCUT2D eigenvalue weighted by atomic mass is 32.1. The third kappa shape index (κ3) is 2.25. The first-order valence-electron chi connectivity index (χ1n) is 5.89. The molecule has 0 aliphatic heterocycles. The SMILES string of the molecule is C#C[C@H]1CCCc2sc(/N=C/N(C)C)c(C#N)c21. The second kappa shape index (κ2) is 5.25. The van der Waals surface area contributed by atoms with Gasteiger partial charge in [0.25, 0.3) is 0 Å². The van der Waals surface area contributed by atoms with Crippen LogP contribution in [0.1, 0.15) is 34.8 Å². The third-order valence-corrected chi connectivity index (χ3v) is 4.14. The number of nitrogens with zero attached hydrogens (tertiary/aromatic N) is 3. The van der Waals surface area contributed by atoms with E-state index < -0.39 is 0 Å². The summed E-state index contributed by atoms with van der Waals surface area (Å²) in [6.45, 7) is 0. The van der Waals surface area contributed by atoms with Crippen molar-refractivity contribution in [3.63, 3.8) is 0 Å². The van der Waals surface area contributed by atoms with Crippen LogP contribution < -0.4 is 0 Å². The maximum absolute atomic E-state index is 9.34. The molecule has 2 rings (SSSR count). The molecule has 0 unspecified atom stereocenters. The lowest BCUT2D eigenvalue weighted by atomic mass is 9.86. The highest BCUT2D eigenvalue weighted by Crippen LogP contribution is 2.44. The van der Waals surface area contributed by atoms with Gasteiger partial charge in [-0.05, 0) is 19.3 Å². The van der Waals surface area contributed by atoms with E-state index in [0.717, 1.165) is 29.8 Å². The Morgan fingerprint density at radius 1 is 1.56 bits per heavy atom. The number of nitriles is 1. The van der Waals surface area contributed by atoms with Gasteiger partial charge in [0, 0.05) is 30.5 Å². The average molecular weight is 257 g/mol. The highest BCUT2D eigenvalue weighted by molar-refractivity contribution is 7.16. The summed E-state index contributed by atoms with van der Waals surface area (Å²) in [5, 5.41) is 10.1. The van der Waals surface area contributed by atoms with Crippen LogP contribution in [0.3, 0.4) is 0 Å². The first-order chi connectivity index (χ1) is 8.67. The van der Waals surface area contributed by atoms with Gasteiger partial charge < -0.3 is 4.90 Å². The van der Waals surface area contributed by atoms with Crippen molar-refractivity contribution in [2.24, 2.45) is 4.99 Å². The smallest absolute Gasteiger partial charge is 0.136 e. The Hall–Kier alpha value is -1.78. The monoisotopic (exact) mass is 257 g/mol. The molecule has 0 saturated carbocycles. The van der Waals surface area contributed by atoms with Gasteiger partial charge in [-0.25, -0.2) is 4.99 Å². The molecule has 3 nitrogen and oxygen atoms in total. The molecule has 92 valence electrons. The predicted octanol–water partition coefficient (Wildman–Crippen LogP) is 2.89. The molecule has 0 amide bonds. The number of fused-ring (bicyclic) bond motifs is 1. The third-order valence-electron chi connectivity index (χ3n) is 2.97. The Morgan fingerprint density at radius 3 is 2.94 bits per heavy atom. The van der Waals surface area contributed by atoms with E-state index in [1.165, 1.54) is 4.88 Å². The Labute approximate surface area is 112 Å². The van der Waals surface area contributed by atoms with Gasteiger partial charge >= 0.3 is 0 Å². The maximum atomic E-state index is 9.34. The van der Waals surface area contributed by atoms with Crippen molar-refractivity contribution >= 4 is 22.7 Å². The van der Waals surface area contributed by atoms with Crippen LogP contribution in [0.5, 0.6) is 0 Å². The molecule has 4 heteroatoms. The molecule has 1 aromatic heterocycles. The van der Waals surface area contributed by atoms with Crippen LogP contribution in [0.25, 0.3) is 0 Å². The summed E-state index contributed by atoms with van der Waals surface area (Å²) in [4.78, 5) is 7.48. The fourth-order valence-electron chi connectivity index (χ4n) is 2.18. The van der Waals surface area contributed by atoms with E-state index in [1.54, 1.807) is 17.7 Å². The van der Waals surface area contributed by atoms with Gasteiger partial charge in [0.05, 0.1) is 11.9 Å². The molecule has 1 aliphatic carbocycles. The zero-order valence-electron chi connectivity index (χ0n) is 10.6. The molecule has 0 saturated heterocycles. The Kier molecular flexibility index (Phi) is 3.69. The average Bonchev–Trinajstić information content (AvgIpc) is 2.73. The Bertz CT molecular complexity index is 555. The predicted molar refractivity (Wildman–Crippen MR) is 75.4 cm³/mol. The minimum absolute atomic E-state index is 0.0861. The zero-order valence-corrected chi connectivity index (χ0v) is 11.4. The molecule has 0 aromatic carbocycles. The highest BCUT2D eigenvalue weighted by Gasteiger charge is 2.26. The van der Waals surface area contributed by atoms with Gasteiger partial charge in [-0.15, -0.1) is 17.8 Å². The fraction of sp³-hybridized carbons (Fsp3) is 0.429.